The number of hydrogen-bond acceptors (Lipinski definition) is 5. The molecule has 1 unspecified atom stereocenters. The van der Waals surface area contributed by atoms with Crippen LogP contribution >= 0.6 is 11.8 Å². The molecule has 1 fully saturated rings. The first-order valence-corrected chi connectivity index (χ1v) is 11.0. The molecule has 1 saturated heterocycles. The molecule has 0 radical (unpaired) electrons. The van der Waals surface area contributed by atoms with Crippen molar-refractivity contribution in [2.45, 2.75) is 32.0 Å². The van der Waals surface area contributed by atoms with Crippen molar-refractivity contribution in [3.8, 4) is 0 Å². The van der Waals surface area contributed by atoms with Crippen LogP contribution in [0.4, 0.5) is 10.1 Å². The van der Waals surface area contributed by atoms with Gasteiger partial charge in [-0.05, 0) is 37.6 Å². The lowest BCUT2D eigenvalue weighted by Crippen LogP contribution is -2.52. The van der Waals surface area contributed by atoms with Crippen LogP contribution in [0.3, 0.4) is 0 Å². The molecular formula is C21H25FN4O2S. The number of hydrogen-bond donors (Lipinski definition) is 0. The summed E-state index contributed by atoms with van der Waals surface area (Å²) in [5.74, 6) is 0.293. The van der Waals surface area contributed by atoms with Gasteiger partial charge in [0, 0.05) is 55.4 Å². The topological polar surface area (TPSA) is 58.4 Å². The van der Waals surface area contributed by atoms with E-state index in [9.17, 15) is 14.0 Å². The first-order valence-electron chi connectivity index (χ1n) is 10.0. The maximum absolute atomic E-state index is 13.1. The van der Waals surface area contributed by atoms with Crippen LogP contribution in [0, 0.1) is 18.7 Å². The van der Waals surface area contributed by atoms with Crippen LogP contribution in [0.15, 0.2) is 34.2 Å². The highest BCUT2D eigenvalue weighted by Gasteiger charge is 2.32. The lowest BCUT2D eigenvalue weighted by Gasteiger charge is -2.38. The molecule has 3 heterocycles. The van der Waals surface area contributed by atoms with E-state index in [1.54, 1.807) is 16.7 Å². The van der Waals surface area contributed by atoms with Gasteiger partial charge in [-0.1, -0.05) is 18.7 Å². The van der Waals surface area contributed by atoms with Gasteiger partial charge in [-0.3, -0.25) is 14.2 Å². The Morgan fingerprint density at radius 1 is 1.21 bits per heavy atom. The summed E-state index contributed by atoms with van der Waals surface area (Å²) in [6.07, 6.45) is 0.645. The summed E-state index contributed by atoms with van der Waals surface area (Å²) < 4.78 is 14.8. The normalized spacial score (nSPS) is 19.2. The van der Waals surface area contributed by atoms with Crippen molar-refractivity contribution in [2.24, 2.45) is 5.92 Å². The van der Waals surface area contributed by atoms with Crippen LogP contribution in [0.25, 0.3) is 0 Å². The Balaban J connectivity index is 1.43. The summed E-state index contributed by atoms with van der Waals surface area (Å²) >= 11 is 1.49. The van der Waals surface area contributed by atoms with Crippen LogP contribution < -0.4 is 10.5 Å². The van der Waals surface area contributed by atoms with Crippen LogP contribution in [-0.4, -0.2) is 52.3 Å². The molecule has 4 rings (SSSR count). The average molecular weight is 417 g/mol. The number of anilines is 1. The van der Waals surface area contributed by atoms with Crippen LogP contribution in [0.5, 0.6) is 0 Å². The molecular weight excluding hydrogens is 391 g/mol. The Kier molecular flexibility index (Phi) is 5.63. The molecule has 0 spiro atoms. The minimum atomic E-state index is -0.246. The third-order valence-electron chi connectivity index (χ3n) is 5.74. The molecule has 1 aromatic heterocycles. The van der Waals surface area contributed by atoms with Gasteiger partial charge in [0.15, 0.2) is 5.16 Å². The number of aromatic nitrogens is 2. The van der Waals surface area contributed by atoms with Gasteiger partial charge in [-0.15, -0.1) is 0 Å². The largest absolute Gasteiger partial charge is 0.368 e. The number of fused-ring (bicyclic) bond motifs is 1. The first kappa shape index (κ1) is 19.9. The summed E-state index contributed by atoms with van der Waals surface area (Å²) in [5, 5.41) is 0.717. The Labute approximate surface area is 173 Å². The molecule has 0 saturated carbocycles. The lowest BCUT2D eigenvalue weighted by molar-refractivity contribution is -0.135. The Morgan fingerprint density at radius 3 is 2.55 bits per heavy atom. The number of piperazine rings is 1. The van der Waals surface area contributed by atoms with Gasteiger partial charge in [-0.25, -0.2) is 9.37 Å². The fourth-order valence-electron chi connectivity index (χ4n) is 4.05. The molecule has 2 aliphatic rings. The summed E-state index contributed by atoms with van der Waals surface area (Å²) in [6.45, 7) is 6.93. The summed E-state index contributed by atoms with van der Waals surface area (Å²) in [5.41, 5.74) is 2.48. The molecule has 29 heavy (non-hydrogen) atoms. The Morgan fingerprint density at radius 2 is 1.90 bits per heavy atom. The SMILES string of the molecule is CCc1c(C)nc2n(c1=O)CC(C(=O)N1CCN(c3ccc(F)cc3)CC1)CS2. The van der Waals surface area contributed by atoms with Crippen molar-refractivity contribution < 1.29 is 9.18 Å². The minimum Gasteiger partial charge on any atom is -0.368 e. The van der Waals surface area contributed by atoms with Crippen LogP contribution in [0.2, 0.25) is 0 Å². The van der Waals surface area contributed by atoms with E-state index in [4.69, 9.17) is 0 Å². The van der Waals surface area contributed by atoms with Crippen molar-refractivity contribution in [3.63, 3.8) is 0 Å². The van der Waals surface area contributed by atoms with Gasteiger partial charge >= 0.3 is 0 Å². The zero-order chi connectivity index (χ0) is 20.5. The molecule has 1 atom stereocenters. The molecule has 0 N–H and O–H groups in total. The van der Waals surface area contributed by atoms with Crippen LogP contribution in [-0.2, 0) is 17.8 Å². The highest BCUT2D eigenvalue weighted by atomic mass is 32.2. The number of thioether (sulfide) groups is 1. The lowest BCUT2D eigenvalue weighted by atomic mass is 10.1. The third-order valence-corrected chi connectivity index (χ3v) is 6.88. The summed E-state index contributed by atoms with van der Waals surface area (Å²) in [7, 11) is 0. The van der Waals surface area contributed by atoms with Crippen LogP contribution in [0.1, 0.15) is 18.2 Å². The van der Waals surface area contributed by atoms with Gasteiger partial charge in [0.2, 0.25) is 5.91 Å². The van der Waals surface area contributed by atoms with E-state index in [2.05, 4.69) is 9.88 Å². The van der Waals surface area contributed by atoms with E-state index in [0.717, 1.165) is 22.1 Å². The van der Waals surface area contributed by atoms with E-state index in [1.165, 1.54) is 23.9 Å². The van der Waals surface area contributed by atoms with Gasteiger partial charge < -0.3 is 9.80 Å². The number of carbonyl (C=O) groups excluding carboxylic acids is 1. The number of rotatable bonds is 3. The molecule has 154 valence electrons. The van der Waals surface area contributed by atoms with Crippen molar-refractivity contribution in [1.29, 1.82) is 0 Å². The quantitative estimate of drug-likeness (QED) is 0.719. The number of nitrogens with zero attached hydrogens (tertiary/aromatic N) is 4. The monoisotopic (exact) mass is 416 g/mol. The second kappa shape index (κ2) is 8.18. The predicted octanol–water partition coefficient (Wildman–Crippen LogP) is 2.32. The molecule has 0 aliphatic carbocycles. The number of benzene rings is 1. The third kappa shape index (κ3) is 3.90. The second-order valence-electron chi connectivity index (χ2n) is 7.52. The number of carbonyl (C=O) groups is 1. The molecule has 1 aromatic carbocycles. The minimum absolute atomic E-state index is 0.0128. The van der Waals surface area contributed by atoms with Crippen molar-refractivity contribution in [3.05, 3.63) is 51.7 Å². The van der Waals surface area contributed by atoms with E-state index in [0.29, 0.717) is 44.9 Å². The first-order chi connectivity index (χ1) is 14.0. The molecule has 6 nitrogen and oxygen atoms in total. The van der Waals surface area contributed by atoms with Crippen molar-refractivity contribution in [1.82, 2.24) is 14.5 Å². The molecule has 0 bridgehead atoms. The summed E-state index contributed by atoms with van der Waals surface area (Å²) in [6, 6.07) is 6.46. The zero-order valence-corrected chi connectivity index (χ0v) is 17.5. The van der Waals surface area contributed by atoms with E-state index in [-0.39, 0.29) is 23.2 Å². The van der Waals surface area contributed by atoms with Gasteiger partial charge in [-0.2, -0.15) is 0 Å². The van der Waals surface area contributed by atoms with E-state index in [1.807, 2.05) is 18.7 Å². The standard InChI is InChI=1S/C21H25FN4O2S/c1-3-18-14(2)23-21-26(20(18)28)12-15(13-29-21)19(27)25-10-8-24(9-11-25)17-6-4-16(22)5-7-17/h4-7,15H,3,8-13H2,1-2H3. The number of aryl methyl sites for hydroxylation is 1. The maximum Gasteiger partial charge on any atom is 0.257 e. The van der Waals surface area contributed by atoms with Gasteiger partial charge in [0.05, 0.1) is 5.92 Å². The van der Waals surface area contributed by atoms with Crippen molar-refractivity contribution >= 4 is 23.4 Å². The Hall–Kier alpha value is -2.35. The highest BCUT2D eigenvalue weighted by molar-refractivity contribution is 7.99. The smallest absolute Gasteiger partial charge is 0.257 e. The van der Waals surface area contributed by atoms with Crippen molar-refractivity contribution in [2.75, 3.05) is 36.8 Å². The maximum atomic E-state index is 13.1. The zero-order valence-electron chi connectivity index (χ0n) is 16.7. The molecule has 8 heteroatoms. The number of amides is 1. The van der Waals surface area contributed by atoms with Gasteiger partial charge in [0.1, 0.15) is 5.82 Å². The predicted molar refractivity (Wildman–Crippen MR) is 112 cm³/mol. The highest BCUT2D eigenvalue weighted by Crippen LogP contribution is 2.27. The van der Waals surface area contributed by atoms with Gasteiger partial charge in [0.25, 0.3) is 5.56 Å². The van der Waals surface area contributed by atoms with E-state index < -0.39 is 0 Å². The fraction of sp³-hybridized carbons (Fsp3) is 0.476. The molecule has 2 aromatic rings. The van der Waals surface area contributed by atoms with E-state index >= 15 is 0 Å². The summed E-state index contributed by atoms with van der Waals surface area (Å²) in [4.78, 5) is 34.5. The molecule has 1 amide bonds. The average Bonchev–Trinajstić information content (AvgIpc) is 2.74. The number of halogens is 1. The molecule has 2 aliphatic heterocycles. The fourth-order valence-corrected chi connectivity index (χ4v) is 5.16. The Bertz CT molecular complexity index is 968. The second-order valence-corrected chi connectivity index (χ2v) is 8.51.